The van der Waals surface area contributed by atoms with E-state index in [2.05, 4.69) is 0 Å². The van der Waals surface area contributed by atoms with Gasteiger partial charge in [0.2, 0.25) is 5.91 Å². The molecule has 0 aliphatic carbocycles. The van der Waals surface area contributed by atoms with Crippen molar-refractivity contribution in [1.82, 2.24) is 0 Å². The molecule has 4 aliphatic rings. The summed E-state index contributed by atoms with van der Waals surface area (Å²) < 4.78 is 52.0. The average molecular weight is 368 g/mol. The molecule has 2 N–H and O–H groups in total. The number of benzene rings is 1. The third-order valence-electron chi connectivity index (χ3n) is 6.60. The molecule has 4 heterocycles. The zero-order valence-corrected chi connectivity index (χ0v) is 14.2. The van der Waals surface area contributed by atoms with Crippen molar-refractivity contribution in [1.29, 1.82) is 0 Å². The van der Waals surface area contributed by atoms with E-state index >= 15 is 0 Å². The van der Waals surface area contributed by atoms with Crippen molar-refractivity contribution in [3.8, 4) is 0 Å². The summed E-state index contributed by atoms with van der Waals surface area (Å²) in [5.74, 6) is -0.744. The van der Waals surface area contributed by atoms with E-state index in [1.807, 2.05) is 6.92 Å². The molecule has 4 aliphatic heterocycles. The first-order valence-corrected chi connectivity index (χ1v) is 8.78. The van der Waals surface area contributed by atoms with E-state index in [-0.39, 0.29) is 29.1 Å². The second-order valence-electron chi connectivity index (χ2n) is 7.97. The van der Waals surface area contributed by atoms with Crippen molar-refractivity contribution in [3.05, 3.63) is 23.8 Å². The maximum Gasteiger partial charge on any atom is 0.418 e. The fraction of sp³-hybridized carbons (Fsp3) is 0.611. The van der Waals surface area contributed by atoms with Crippen LogP contribution in [0, 0.1) is 11.8 Å². The van der Waals surface area contributed by atoms with E-state index in [1.165, 1.54) is 17.0 Å². The zero-order valence-electron chi connectivity index (χ0n) is 14.2. The molecule has 1 aromatic rings. The van der Waals surface area contributed by atoms with Crippen molar-refractivity contribution in [2.45, 2.75) is 49.8 Å². The molecule has 0 radical (unpaired) electrons. The number of carbonyl (C=O) groups excluding carboxylic acids is 1. The minimum Gasteiger partial charge on any atom is -0.398 e. The summed E-state index contributed by atoms with van der Waals surface area (Å²) in [5.41, 5.74) is 3.42. The Morgan fingerprint density at radius 3 is 2.77 bits per heavy atom. The molecule has 1 spiro atoms. The van der Waals surface area contributed by atoms with Crippen LogP contribution in [0.5, 0.6) is 0 Å². The molecule has 2 bridgehead atoms. The standard InChI is InChI=1S/C18H19F3N2O3/c1-16-4-5-17(26-16)6-7-25-15-13(17)12(16)14(24)23(15)9-2-3-11(22)10(8-9)18(19,20)21/h2-3,8,12-13,15H,4-7,22H2,1H3. The van der Waals surface area contributed by atoms with Crippen LogP contribution in [0.3, 0.4) is 0 Å². The number of amides is 1. The first-order chi connectivity index (χ1) is 12.2. The molecule has 26 heavy (non-hydrogen) atoms. The van der Waals surface area contributed by atoms with Crippen LogP contribution in [0.15, 0.2) is 18.2 Å². The molecular weight excluding hydrogens is 349 g/mol. The fourth-order valence-corrected chi connectivity index (χ4v) is 5.53. The van der Waals surface area contributed by atoms with Gasteiger partial charge in [-0.25, -0.2) is 0 Å². The van der Waals surface area contributed by atoms with E-state index in [0.717, 1.165) is 25.3 Å². The Morgan fingerprint density at radius 1 is 1.27 bits per heavy atom. The van der Waals surface area contributed by atoms with Crippen LogP contribution in [0.25, 0.3) is 0 Å². The van der Waals surface area contributed by atoms with Crippen LogP contribution in [0.4, 0.5) is 24.5 Å². The first kappa shape index (κ1) is 16.4. The van der Waals surface area contributed by atoms with Gasteiger partial charge in [-0.1, -0.05) is 0 Å². The zero-order chi connectivity index (χ0) is 18.5. The van der Waals surface area contributed by atoms with Gasteiger partial charge in [-0.3, -0.25) is 9.69 Å². The van der Waals surface area contributed by atoms with E-state index in [1.54, 1.807) is 0 Å². The monoisotopic (exact) mass is 368 g/mol. The SMILES string of the molecule is CC12CCC3(CCOC4C3C1C(=O)N4c1ccc(N)c(C(F)(F)F)c1)O2. The lowest BCUT2D eigenvalue weighted by Gasteiger charge is -2.41. The normalized spacial score (nSPS) is 41.0. The van der Waals surface area contributed by atoms with Gasteiger partial charge in [0, 0.05) is 23.7 Å². The quantitative estimate of drug-likeness (QED) is 0.774. The molecule has 4 saturated heterocycles. The smallest absolute Gasteiger partial charge is 0.398 e. The summed E-state index contributed by atoms with van der Waals surface area (Å²) in [7, 11) is 0. The lowest BCUT2D eigenvalue weighted by Crippen LogP contribution is -2.51. The number of rotatable bonds is 1. The lowest BCUT2D eigenvalue weighted by molar-refractivity contribution is -0.140. The van der Waals surface area contributed by atoms with Crippen LogP contribution in [0.1, 0.15) is 31.7 Å². The highest BCUT2D eigenvalue weighted by atomic mass is 19.4. The topological polar surface area (TPSA) is 64.8 Å². The second-order valence-corrected chi connectivity index (χ2v) is 7.97. The van der Waals surface area contributed by atoms with Gasteiger partial charge in [-0.15, -0.1) is 0 Å². The third kappa shape index (κ3) is 1.86. The van der Waals surface area contributed by atoms with Crippen LogP contribution in [-0.2, 0) is 20.4 Å². The highest BCUT2D eigenvalue weighted by Gasteiger charge is 2.75. The maximum absolute atomic E-state index is 13.3. The van der Waals surface area contributed by atoms with Gasteiger partial charge in [0.15, 0.2) is 0 Å². The van der Waals surface area contributed by atoms with Crippen molar-refractivity contribution >= 4 is 17.3 Å². The molecule has 5 nitrogen and oxygen atoms in total. The number of carbonyl (C=O) groups is 1. The summed E-state index contributed by atoms with van der Waals surface area (Å²) >= 11 is 0. The number of halogens is 3. The molecule has 5 rings (SSSR count). The molecule has 4 fully saturated rings. The predicted molar refractivity (Wildman–Crippen MR) is 86.1 cm³/mol. The van der Waals surface area contributed by atoms with Crippen LogP contribution in [-0.4, -0.2) is 29.9 Å². The van der Waals surface area contributed by atoms with Crippen molar-refractivity contribution in [2.75, 3.05) is 17.2 Å². The predicted octanol–water partition coefficient (Wildman–Crippen LogP) is 2.93. The van der Waals surface area contributed by atoms with Crippen LogP contribution < -0.4 is 10.6 Å². The molecule has 0 saturated carbocycles. The number of anilines is 2. The van der Waals surface area contributed by atoms with Gasteiger partial charge in [0.25, 0.3) is 0 Å². The second kappa shape index (κ2) is 4.72. The van der Waals surface area contributed by atoms with Gasteiger partial charge in [0.1, 0.15) is 6.23 Å². The Kier molecular flexibility index (Phi) is 2.98. The maximum atomic E-state index is 13.3. The highest BCUT2D eigenvalue weighted by molar-refractivity contribution is 6.00. The first-order valence-electron chi connectivity index (χ1n) is 8.78. The van der Waals surface area contributed by atoms with E-state index in [0.29, 0.717) is 6.61 Å². The number of ether oxygens (including phenoxy) is 2. The average Bonchev–Trinajstić information content (AvgIpc) is 3.14. The van der Waals surface area contributed by atoms with Crippen molar-refractivity contribution in [3.63, 3.8) is 0 Å². The minimum atomic E-state index is -4.58. The minimum absolute atomic E-state index is 0.144. The Morgan fingerprint density at radius 2 is 2.04 bits per heavy atom. The van der Waals surface area contributed by atoms with Gasteiger partial charge >= 0.3 is 6.18 Å². The highest BCUT2D eigenvalue weighted by Crippen LogP contribution is 2.65. The number of nitrogens with two attached hydrogens (primary N) is 1. The molecule has 5 atom stereocenters. The molecule has 1 aromatic carbocycles. The lowest BCUT2D eigenvalue weighted by atomic mass is 9.66. The number of hydrogen-bond acceptors (Lipinski definition) is 4. The summed E-state index contributed by atoms with van der Waals surface area (Å²) in [6.45, 7) is 2.36. The number of nitrogens with zero attached hydrogens (tertiary/aromatic N) is 1. The fourth-order valence-electron chi connectivity index (χ4n) is 5.53. The van der Waals surface area contributed by atoms with Crippen LogP contribution in [0.2, 0.25) is 0 Å². The van der Waals surface area contributed by atoms with Crippen LogP contribution >= 0.6 is 0 Å². The Balaban J connectivity index is 1.61. The van der Waals surface area contributed by atoms with Gasteiger partial charge in [0.05, 0.1) is 29.3 Å². The molecule has 8 heteroatoms. The number of alkyl halides is 3. The van der Waals surface area contributed by atoms with Gasteiger partial charge < -0.3 is 15.2 Å². The summed E-state index contributed by atoms with van der Waals surface area (Å²) in [4.78, 5) is 14.6. The van der Waals surface area contributed by atoms with Crippen molar-refractivity contribution in [2.24, 2.45) is 11.8 Å². The molecule has 0 aromatic heterocycles. The largest absolute Gasteiger partial charge is 0.418 e. The number of hydrogen-bond donors (Lipinski definition) is 1. The Labute approximate surface area is 148 Å². The Hall–Kier alpha value is -1.80. The summed E-state index contributed by atoms with van der Waals surface area (Å²) in [6.07, 6.45) is -2.80. The molecule has 1 amide bonds. The molecule has 140 valence electrons. The van der Waals surface area contributed by atoms with Gasteiger partial charge in [-0.2, -0.15) is 13.2 Å². The van der Waals surface area contributed by atoms with E-state index < -0.39 is 29.2 Å². The van der Waals surface area contributed by atoms with Gasteiger partial charge in [-0.05, 0) is 38.0 Å². The summed E-state index contributed by atoms with van der Waals surface area (Å²) in [5, 5.41) is 0. The number of nitrogen functional groups attached to an aromatic ring is 1. The Bertz CT molecular complexity index is 809. The van der Waals surface area contributed by atoms with E-state index in [4.69, 9.17) is 15.2 Å². The third-order valence-corrected chi connectivity index (χ3v) is 6.60. The summed E-state index contributed by atoms with van der Waals surface area (Å²) in [6, 6.07) is 3.61. The molecular formula is C18H19F3N2O3. The van der Waals surface area contributed by atoms with Crippen molar-refractivity contribution < 1.29 is 27.4 Å². The van der Waals surface area contributed by atoms with E-state index in [9.17, 15) is 18.0 Å². The number of fused-ring (bicyclic) bond motifs is 2. The molecule has 5 unspecified atom stereocenters.